The van der Waals surface area contributed by atoms with E-state index < -0.39 is 11.3 Å². The number of fused-ring (bicyclic) bond motifs is 7. The number of Topliss-reactive ketones (excluding diaryl/α,β-unsaturated/α-hetero) is 1. The first-order chi connectivity index (χ1) is 21.2. The molecule has 45 heavy (non-hydrogen) atoms. The minimum Gasteiger partial charge on any atom is -0.469 e. The zero-order chi connectivity index (χ0) is 32.4. The Kier molecular flexibility index (Phi) is 8.67. The van der Waals surface area contributed by atoms with E-state index in [0.29, 0.717) is 24.8 Å². The number of nitrogens with zero attached hydrogens (tertiary/aromatic N) is 1. The molecule has 1 N–H and O–H groups in total. The highest BCUT2D eigenvalue weighted by Crippen LogP contribution is 2.75. The number of hydrogen-bond donors (Lipinski definition) is 1. The molecule has 5 fully saturated rings. The summed E-state index contributed by atoms with van der Waals surface area (Å²) in [5.41, 5.74) is 0.503. The van der Waals surface area contributed by atoms with E-state index in [1.165, 1.54) is 5.57 Å². The number of amides is 1. The van der Waals surface area contributed by atoms with Crippen LogP contribution < -0.4 is 5.32 Å². The standard InChI is InChI=1S/C38H60N2O5/c1-25-11-14-38(33(43)44-7)16-15-36(5)27(28(38)23-25)9-10-30-35(4)24-26(31(41)34(2,3)29(35)12-13-37(30,36)6)32(42)39-17-8-18-40-19-21-45-22-20-40/h9,25-26,28-30H,8,10-24H2,1-7H3,(H,39,42)/t25-,26?,28?,29?,30?,35?,36+,37+,38-/m0/s1. The summed E-state index contributed by atoms with van der Waals surface area (Å²) in [5.74, 6) is 0.954. The number of carbonyl (C=O) groups excluding carboxylic acids is 3. The number of allylic oxidation sites excluding steroid dienone is 2. The lowest BCUT2D eigenvalue weighted by atomic mass is 9.33. The van der Waals surface area contributed by atoms with Crippen molar-refractivity contribution in [2.75, 3.05) is 46.5 Å². The van der Waals surface area contributed by atoms with Crippen molar-refractivity contribution >= 4 is 17.7 Å². The number of nitrogens with one attached hydrogen (secondary N) is 1. The van der Waals surface area contributed by atoms with Crippen LogP contribution >= 0.6 is 0 Å². The maximum absolute atomic E-state index is 14.1. The van der Waals surface area contributed by atoms with Crippen LogP contribution in [-0.4, -0.2) is 69.1 Å². The van der Waals surface area contributed by atoms with Gasteiger partial charge in [-0.3, -0.25) is 19.3 Å². The van der Waals surface area contributed by atoms with Crippen LogP contribution in [0.1, 0.15) is 106 Å². The SMILES string of the molecule is COC(=O)[C@]12CC[C@H](C)CC1C1=CCC3C4(C)CC(C(=O)NCCCN5CCOCC5)C(=O)C(C)(C)C4CC[C@@]3(C)[C@]1(C)CC2. The fourth-order valence-electron chi connectivity index (χ4n) is 12.3. The van der Waals surface area contributed by atoms with Crippen molar-refractivity contribution in [1.82, 2.24) is 10.2 Å². The van der Waals surface area contributed by atoms with Gasteiger partial charge in [-0.1, -0.05) is 53.2 Å². The smallest absolute Gasteiger partial charge is 0.312 e. The molecule has 0 radical (unpaired) electrons. The molecule has 6 aliphatic rings. The van der Waals surface area contributed by atoms with Crippen molar-refractivity contribution in [3.63, 3.8) is 0 Å². The summed E-state index contributed by atoms with van der Waals surface area (Å²) in [4.78, 5) is 43.7. The average molecular weight is 625 g/mol. The molecule has 7 nitrogen and oxygen atoms in total. The van der Waals surface area contributed by atoms with Gasteiger partial charge in [0.15, 0.2) is 5.78 Å². The Morgan fingerprint density at radius 2 is 1.76 bits per heavy atom. The van der Waals surface area contributed by atoms with Gasteiger partial charge in [0.1, 0.15) is 0 Å². The summed E-state index contributed by atoms with van der Waals surface area (Å²) in [6, 6.07) is 0. The van der Waals surface area contributed by atoms with Crippen LogP contribution in [0.5, 0.6) is 0 Å². The highest BCUT2D eigenvalue weighted by molar-refractivity contribution is 6.04. The number of morpholine rings is 1. The fourth-order valence-corrected chi connectivity index (χ4v) is 12.3. The number of methoxy groups -OCH3 is 1. The summed E-state index contributed by atoms with van der Waals surface area (Å²) in [6.07, 6.45) is 12.1. The highest BCUT2D eigenvalue weighted by Gasteiger charge is 2.70. The Bertz CT molecular complexity index is 1220. The van der Waals surface area contributed by atoms with Gasteiger partial charge in [0.25, 0.3) is 0 Å². The van der Waals surface area contributed by atoms with E-state index >= 15 is 0 Å². The van der Waals surface area contributed by atoms with E-state index in [1.54, 1.807) is 7.11 Å². The van der Waals surface area contributed by atoms with Gasteiger partial charge in [-0.05, 0) is 111 Å². The van der Waals surface area contributed by atoms with Crippen molar-refractivity contribution in [3.8, 4) is 0 Å². The lowest BCUT2D eigenvalue weighted by molar-refractivity contribution is -0.195. The van der Waals surface area contributed by atoms with Crippen molar-refractivity contribution in [2.24, 2.45) is 56.7 Å². The normalized spacial score (nSPS) is 44.4. The minimum absolute atomic E-state index is 0.00311. The molecule has 1 aliphatic heterocycles. The van der Waals surface area contributed by atoms with E-state index in [4.69, 9.17) is 9.47 Å². The number of carbonyl (C=O) groups is 3. The molecule has 5 unspecified atom stereocenters. The Morgan fingerprint density at radius 3 is 2.47 bits per heavy atom. The van der Waals surface area contributed by atoms with Crippen LogP contribution in [0.15, 0.2) is 11.6 Å². The van der Waals surface area contributed by atoms with Crippen LogP contribution in [-0.2, 0) is 23.9 Å². The van der Waals surface area contributed by atoms with Crippen LogP contribution in [0.4, 0.5) is 0 Å². The van der Waals surface area contributed by atoms with Gasteiger partial charge in [-0.15, -0.1) is 0 Å². The monoisotopic (exact) mass is 624 g/mol. The molecule has 0 aromatic carbocycles. The van der Waals surface area contributed by atoms with E-state index in [2.05, 4.69) is 57.8 Å². The molecule has 0 aromatic rings. The number of ketones is 1. The second-order valence-corrected chi connectivity index (χ2v) is 17.3. The lowest BCUT2D eigenvalue weighted by Crippen LogP contribution is -2.66. The second kappa shape index (κ2) is 11.8. The van der Waals surface area contributed by atoms with Gasteiger partial charge in [0.05, 0.1) is 31.7 Å². The molecule has 1 saturated heterocycles. The zero-order valence-electron chi connectivity index (χ0n) is 29.3. The summed E-state index contributed by atoms with van der Waals surface area (Å²) in [6.45, 7) is 19.1. The molecule has 5 aliphatic carbocycles. The number of rotatable bonds is 6. The van der Waals surface area contributed by atoms with Crippen molar-refractivity contribution < 1.29 is 23.9 Å². The number of hydrogen-bond acceptors (Lipinski definition) is 6. The largest absolute Gasteiger partial charge is 0.469 e. The molecule has 252 valence electrons. The quantitative estimate of drug-likeness (QED) is 0.164. The minimum atomic E-state index is -0.595. The van der Waals surface area contributed by atoms with Crippen LogP contribution in [0, 0.1) is 56.7 Å². The molecule has 1 heterocycles. The Labute approximate surface area is 272 Å². The molecular weight excluding hydrogens is 564 g/mol. The maximum atomic E-state index is 14.1. The third-order valence-electron chi connectivity index (χ3n) is 15.0. The van der Waals surface area contributed by atoms with Gasteiger partial charge in [-0.2, -0.15) is 0 Å². The fraction of sp³-hybridized carbons (Fsp3) is 0.868. The van der Waals surface area contributed by atoms with E-state index in [1.807, 2.05) is 0 Å². The van der Waals surface area contributed by atoms with E-state index in [9.17, 15) is 14.4 Å². The molecule has 7 heteroatoms. The Hall–Kier alpha value is -1.73. The third-order valence-corrected chi connectivity index (χ3v) is 15.0. The van der Waals surface area contributed by atoms with Gasteiger partial charge in [-0.25, -0.2) is 0 Å². The van der Waals surface area contributed by atoms with Gasteiger partial charge < -0.3 is 14.8 Å². The molecule has 0 aromatic heterocycles. The number of ether oxygens (including phenoxy) is 2. The predicted molar refractivity (Wildman–Crippen MR) is 175 cm³/mol. The molecule has 4 saturated carbocycles. The van der Waals surface area contributed by atoms with Gasteiger partial charge >= 0.3 is 5.97 Å². The van der Waals surface area contributed by atoms with Crippen LogP contribution in [0.2, 0.25) is 0 Å². The van der Waals surface area contributed by atoms with Crippen LogP contribution in [0.25, 0.3) is 0 Å². The predicted octanol–water partition coefficient (Wildman–Crippen LogP) is 6.20. The Morgan fingerprint density at radius 1 is 1.02 bits per heavy atom. The summed E-state index contributed by atoms with van der Waals surface area (Å²) in [5, 5.41) is 3.19. The highest BCUT2D eigenvalue weighted by atomic mass is 16.5. The summed E-state index contributed by atoms with van der Waals surface area (Å²) in [7, 11) is 1.57. The lowest BCUT2D eigenvalue weighted by Gasteiger charge is -2.70. The Balaban J connectivity index is 1.26. The van der Waals surface area contributed by atoms with Gasteiger partial charge in [0.2, 0.25) is 5.91 Å². The topological polar surface area (TPSA) is 84.9 Å². The van der Waals surface area contributed by atoms with E-state index in [-0.39, 0.29) is 51.2 Å². The molecule has 0 bridgehead atoms. The van der Waals surface area contributed by atoms with Gasteiger partial charge in [0, 0.05) is 25.0 Å². The molecule has 6 rings (SSSR count). The first-order valence-electron chi connectivity index (χ1n) is 18.2. The second-order valence-electron chi connectivity index (χ2n) is 17.3. The van der Waals surface area contributed by atoms with E-state index in [0.717, 1.165) is 90.6 Å². The van der Waals surface area contributed by atoms with Crippen molar-refractivity contribution in [2.45, 2.75) is 106 Å². The first-order valence-corrected chi connectivity index (χ1v) is 18.2. The molecular formula is C38H60N2O5. The third kappa shape index (κ3) is 4.98. The summed E-state index contributed by atoms with van der Waals surface area (Å²) < 4.78 is 11.0. The molecule has 1 amide bonds. The maximum Gasteiger partial charge on any atom is 0.312 e. The molecule has 9 atom stereocenters. The molecule has 0 spiro atoms. The van der Waals surface area contributed by atoms with Crippen molar-refractivity contribution in [3.05, 3.63) is 11.6 Å². The summed E-state index contributed by atoms with van der Waals surface area (Å²) >= 11 is 0. The number of esters is 1. The van der Waals surface area contributed by atoms with Crippen LogP contribution in [0.3, 0.4) is 0 Å². The first kappa shape index (κ1) is 33.2. The average Bonchev–Trinajstić information content (AvgIpc) is 3.01. The zero-order valence-corrected chi connectivity index (χ0v) is 29.3. The van der Waals surface area contributed by atoms with Crippen molar-refractivity contribution in [1.29, 1.82) is 0 Å².